The molecule has 0 spiro atoms. The molecule has 0 atom stereocenters. The predicted molar refractivity (Wildman–Crippen MR) is 92.6 cm³/mol. The van der Waals surface area contributed by atoms with Crippen LogP contribution in [0.5, 0.6) is 0 Å². The minimum atomic E-state index is -3.74. The number of anilines is 1. The van der Waals surface area contributed by atoms with Crippen LogP contribution in [-0.4, -0.2) is 20.9 Å². The second kappa shape index (κ2) is 7.42. The molecule has 0 bridgehead atoms. The molecule has 118 valence electrons. The number of amides is 1. The number of benzene rings is 2. The van der Waals surface area contributed by atoms with Crippen LogP contribution in [0.15, 0.2) is 57.9 Å². The van der Waals surface area contributed by atoms with Crippen LogP contribution < -0.4 is 10.0 Å². The monoisotopic (exact) mass is 392 g/mol. The van der Waals surface area contributed by atoms with Gasteiger partial charge < -0.3 is 5.32 Å². The van der Waals surface area contributed by atoms with E-state index in [2.05, 4.69) is 31.9 Å². The lowest BCUT2D eigenvalue weighted by Gasteiger charge is -2.08. The van der Waals surface area contributed by atoms with E-state index in [0.29, 0.717) is 5.69 Å². The van der Waals surface area contributed by atoms with Gasteiger partial charge in [0.1, 0.15) is 0 Å². The third kappa shape index (κ3) is 4.66. The molecule has 0 saturated heterocycles. The number of halogens is 1. The van der Waals surface area contributed by atoms with E-state index in [-0.39, 0.29) is 17.0 Å². The van der Waals surface area contributed by atoms with Gasteiger partial charge in [0.15, 0.2) is 0 Å². The molecule has 2 aromatic carbocycles. The van der Waals surface area contributed by atoms with Crippen molar-refractivity contribution >= 4 is 37.5 Å². The van der Waals surface area contributed by atoms with Gasteiger partial charge >= 0.3 is 0 Å². The zero-order valence-corrected chi connectivity index (χ0v) is 14.3. The van der Waals surface area contributed by atoms with Gasteiger partial charge in [0.05, 0.1) is 11.4 Å². The van der Waals surface area contributed by atoms with Crippen molar-refractivity contribution in [3.8, 4) is 12.3 Å². The van der Waals surface area contributed by atoms with Crippen LogP contribution in [-0.2, 0) is 10.0 Å². The van der Waals surface area contributed by atoms with Gasteiger partial charge in [-0.2, -0.15) is 4.72 Å². The van der Waals surface area contributed by atoms with Crippen LogP contribution >= 0.6 is 15.9 Å². The molecule has 0 fully saturated rings. The topological polar surface area (TPSA) is 75.3 Å². The van der Waals surface area contributed by atoms with Gasteiger partial charge in [0, 0.05) is 15.7 Å². The van der Waals surface area contributed by atoms with Gasteiger partial charge in [-0.1, -0.05) is 34.0 Å². The van der Waals surface area contributed by atoms with Crippen LogP contribution in [0.4, 0.5) is 5.69 Å². The summed E-state index contributed by atoms with van der Waals surface area (Å²) in [6, 6.07) is 12.8. The largest absolute Gasteiger partial charge is 0.322 e. The Kier molecular flexibility index (Phi) is 5.55. The van der Waals surface area contributed by atoms with Gasteiger partial charge in [-0.15, -0.1) is 6.42 Å². The van der Waals surface area contributed by atoms with Gasteiger partial charge in [0.2, 0.25) is 10.0 Å². The van der Waals surface area contributed by atoms with Crippen LogP contribution in [0.25, 0.3) is 0 Å². The first-order chi connectivity index (χ1) is 10.9. The normalized spacial score (nSPS) is 10.8. The summed E-state index contributed by atoms with van der Waals surface area (Å²) in [7, 11) is -3.74. The van der Waals surface area contributed by atoms with E-state index in [1.54, 1.807) is 18.2 Å². The van der Waals surface area contributed by atoms with Crippen molar-refractivity contribution in [2.24, 2.45) is 0 Å². The molecule has 0 radical (unpaired) electrons. The minimum Gasteiger partial charge on any atom is -0.322 e. The van der Waals surface area contributed by atoms with Crippen LogP contribution in [0.1, 0.15) is 10.4 Å². The molecular formula is C16H13BrN2O3S. The Morgan fingerprint density at radius 1 is 1.17 bits per heavy atom. The molecule has 2 aromatic rings. The highest BCUT2D eigenvalue weighted by atomic mass is 79.9. The maximum Gasteiger partial charge on any atom is 0.255 e. The smallest absolute Gasteiger partial charge is 0.255 e. The van der Waals surface area contributed by atoms with Crippen molar-refractivity contribution in [2.75, 3.05) is 11.9 Å². The van der Waals surface area contributed by atoms with Crippen molar-refractivity contribution in [3.63, 3.8) is 0 Å². The highest BCUT2D eigenvalue weighted by Crippen LogP contribution is 2.17. The SMILES string of the molecule is C#CCNS(=O)(=O)c1cccc(C(=O)Nc2cccc(Br)c2)c1. The minimum absolute atomic E-state index is 0.0188. The van der Waals surface area contributed by atoms with Crippen molar-refractivity contribution in [2.45, 2.75) is 4.90 Å². The second-order valence-corrected chi connectivity index (χ2v) is 7.20. The molecule has 0 aliphatic carbocycles. The summed E-state index contributed by atoms with van der Waals surface area (Å²) >= 11 is 3.32. The van der Waals surface area contributed by atoms with E-state index < -0.39 is 15.9 Å². The Bertz CT molecular complexity index is 873. The number of carbonyl (C=O) groups is 1. The fraction of sp³-hybridized carbons (Fsp3) is 0.0625. The first-order valence-electron chi connectivity index (χ1n) is 6.52. The molecule has 0 saturated carbocycles. The molecule has 1 amide bonds. The third-order valence-corrected chi connectivity index (χ3v) is 4.75. The standard InChI is InChI=1S/C16H13BrN2O3S/c1-2-9-18-23(21,22)15-8-3-5-12(10-15)16(20)19-14-7-4-6-13(17)11-14/h1,3-8,10-11,18H,9H2,(H,19,20). The third-order valence-electron chi connectivity index (χ3n) is 2.85. The quantitative estimate of drug-likeness (QED) is 0.767. The molecule has 2 N–H and O–H groups in total. The highest BCUT2D eigenvalue weighted by molar-refractivity contribution is 9.10. The maximum atomic E-state index is 12.2. The molecule has 7 heteroatoms. The molecule has 2 rings (SSSR count). The van der Waals surface area contributed by atoms with Crippen LogP contribution in [0.3, 0.4) is 0 Å². The number of nitrogens with one attached hydrogen (secondary N) is 2. The molecule has 0 heterocycles. The Hall–Kier alpha value is -2.14. The van der Waals surface area contributed by atoms with E-state index >= 15 is 0 Å². The number of carbonyl (C=O) groups excluding carboxylic acids is 1. The average molecular weight is 393 g/mol. The zero-order chi connectivity index (χ0) is 16.9. The van der Waals surface area contributed by atoms with Crippen LogP contribution in [0.2, 0.25) is 0 Å². The zero-order valence-electron chi connectivity index (χ0n) is 11.9. The summed E-state index contributed by atoms with van der Waals surface area (Å²) in [4.78, 5) is 12.2. The van der Waals surface area contributed by atoms with Crippen molar-refractivity contribution in [1.29, 1.82) is 0 Å². The molecule has 0 aliphatic heterocycles. The molecule has 23 heavy (non-hydrogen) atoms. The number of terminal acetylenes is 1. The first-order valence-corrected chi connectivity index (χ1v) is 8.80. The van der Waals surface area contributed by atoms with E-state index in [9.17, 15) is 13.2 Å². The lowest BCUT2D eigenvalue weighted by Crippen LogP contribution is -2.24. The van der Waals surface area contributed by atoms with Gasteiger partial charge in [-0.3, -0.25) is 4.79 Å². The molecule has 0 aromatic heterocycles. The molecule has 0 unspecified atom stereocenters. The number of rotatable bonds is 5. The molecule has 5 nitrogen and oxygen atoms in total. The van der Waals surface area contributed by atoms with Gasteiger partial charge in [-0.05, 0) is 36.4 Å². The summed E-state index contributed by atoms with van der Waals surface area (Å²) in [6.07, 6.45) is 5.05. The van der Waals surface area contributed by atoms with Crippen molar-refractivity contribution in [3.05, 3.63) is 58.6 Å². The summed E-state index contributed by atoms with van der Waals surface area (Å²) < 4.78 is 27.1. The average Bonchev–Trinajstić information content (AvgIpc) is 2.53. The molecule has 0 aliphatic rings. The van der Waals surface area contributed by atoms with Crippen molar-refractivity contribution < 1.29 is 13.2 Å². The van der Waals surface area contributed by atoms with E-state index in [1.165, 1.54) is 24.3 Å². The fourth-order valence-corrected chi connectivity index (χ4v) is 3.17. The van der Waals surface area contributed by atoms with Crippen molar-refractivity contribution in [1.82, 2.24) is 4.72 Å². The summed E-state index contributed by atoms with van der Waals surface area (Å²) in [5.41, 5.74) is 0.830. The lowest BCUT2D eigenvalue weighted by atomic mass is 10.2. The first kappa shape index (κ1) is 17.2. The maximum absolute atomic E-state index is 12.2. The number of hydrogen-bond acceptors (Lipinski definition) is 3. The Balaban J connectivity index is 2.22. The van der Waals surface area contributed by atoms with Gasteiger partial charge in [0.25, 0.3) is 5.91 Å². The highest BCUT2D eigenvalue weighted by Gasteiger charge is 2.15. The van der Waals surface area contributed by atoms with E-state index in [0.717, 1.165) is 4.47 Å². The number of sulfonamides is 1. The predicted octanol–water partition coefficient (Wildman–Crippen LogP) is 2.61. The lowest BCUT2D eigenvalue weighted by molar-refractivity contribution is 0.102. The van der Waals surface area contributed by atoms with Gasteiger partial charge in [-0.25, -0.2) is 8.42 Å². The summed E-state index contributed by atoms with van der Waals surface area (Å²) in [5, 5.41) is 2.70. The summed E-state index contributed by atoms with van der Waals surface area (Å²) in [6.45, 7) is -0.114. The fourth-order valence-electron chi connectivity index (χ4n) is 1.79. The van der Waals surface area contributed by atoms with E-state index in [4.69, 9.17) is 6.42 Å². The van der Waals surface area contributed by atoms with E-state index in [1.807, 2.05) is 6.07 Å². The Labute approximate surface area is 143 Å². The van der Waals surface area contributed by atoms with Crippen LogP contribution in [0, 0.1) is 12.3 Å². The Morgan fingerprint density at radius 3 is 2.61 bits per heavy atom. The Morgan fingerprint density at radius 2 is 1.91 bits per heavy atom. The summed E-state index contributed by atoms with van der Waals surface area (Å²) in [5.74, 6) is 1.79. The second-order valence-electron chi connectivity index (χ2n) is 4.52. The molecular weight excluding hydrogens is 380 g/mol. The number of hydrogen-bond donors (Lipinski definition) is 2.